The molecule has 3 aliphatic carbocycles. The topological polar surface area (TPSA) is 17.1 Å². The maximum atomic E-state index is 11.6. The van der Waals surface area contributed by atoms with Gasteiger partial charge in [0.2, 0.25) is 0 Å². The fourth-order valence-corrected chi connectivity index (χ4v) is 5.02. The van der Waals surface area contributed by atoms with Crippen molar-refractivity contribution in [1.82, 2.24) is 0 Å². The molecule has 1 nitrogen and oxygen atoms in total. The Labute approximate surface area is 86.3 Å². The van der Waals surface area contributed by atoms with E-state index in [-0.39, 0.29) is 0 Å². The molecule has 3 fully saturated rings. The van der Waals surface area contributed by atoms with Crippen molar-refractivity contribution in [2.24, 2.45) is 16.7 Å². The van der Waals surface area contributed by atoms with Crippen LogP contribution in [0, 0.1) is 16.7 Å². The number of carbonyl (C=O) groups excluding carboxylic acids is 1. The highest BCUT2D eigenvalue weighted by molar-refractivity contribution is 5.80. The van der Waals surface area contributed by atoms with Gasteiger partial charge in [-0.25, -0.2) is 0 Å². The summed E-state index contributed by atoms with van der Waals surface area (Å²) < 4.78 is 0. The first-order valence-corrected chi connectivity index (χ1v) is 6.18. The average Bonchev–Trinajstić information content (AvgIpc) is 2.54. The third-order valence-corrected chi connectivity index (χ3v) is 5.33. The van der Waals surface area contributed by atoms with E-state index in [0.29, 0.717) is 16.6 Å². The molecule has 0 aliphatic heterocycles. The van der Waals surface area contributed by atoms with Crippen LogP contribution in [-0.2, 0) is 4.79 Å². The highest BCUT2D eigenvalue weighted by Gasteiger charge is 2.61. The third kappa shape index (κ3) is 0.936. The number of carbonyl (C=O) groups is 1. The molecule has 0 spiro atoms. The molecule has 0 bridgehead atoms. The molecule has 0 radical (unpaired) electrons. The van der Waals surface area contributed by atoms with Gasteiger partial charge >= 0.3 is 0 Å². The van der Waals surface area contributed by atoms with Gasteiger partial charge in [0.25, 0.3) is 0 Å². The number of hydrogen-bond acceptors (Lipinski definition) is 1. The van der Waals surface area contributed by atoms with Crippen LogP contribution in [0.1, 0.15) is 58.3 Å². The second kappa shape index (κ2) is 2.62. The minimum Gasteiger partial charge on any atom is -0.300 e. The van der Waals surface area contributed by atoms with Gasteiger partial charge in [0.15, 0.2) is 0 Å². The third-order valence-electron chi connectivity index (χ3n) is 5.33. The van der Waals surface area contributed by atoms with Crippen LogP contribution in [0.5, 0.6) is 0 Å². The molecule has 1 heteroatoms. The van der Waals surface area contributed by atoms with Gasteiger partial charge in [-0.05, 0) is 48.9 Å². The van der Waals surface area contributed by atoms with Crippen LogP contribution in [0.3, 0.4) is 0 Å². The van der Waals surface area contributed by atoms with Crippen LogP contribution in [0.15, 0.2) is 0 Å². The Morgan fingerprint density at radius 3 is 2.71 bits per heavy atom. The van der Waals surface area contributed by atoms with Crippen LogP contribution >= 0.6 is 0 Å². The largest absolute Gasteiger partial charge is 0.300 e. The molecule has 3 rings (SSSR count). The van der Waals surface area contributed by atoms with Crippen LogP contribution in [-0.4, -0.2) is 5.78 Å². The lowest BCUT2D eigenvalue weighted by atomic mass is 9.59. The molecule has 3 atom stereocenters. The summed E-state index contributed by atoms with van der Waals surface area (Å²) in [4.78, 5) is 11.6. The predicted molar refractivity (Wildman–Crippen MR) is 56.0 cm³/mol. The lowest BCUT2D eigenvalue weighted by Crippen LogP contribution is -2.39. The van der Waals surface area contributed by atoms with Gasteiger partial charge in [-0.15, -0.1) is 0 Å². The fourth-order valence-electron chi connectivity index (χ4n) is 5.02. The second-order valence-electron chi connectivity index (χ2n) is 6.14. The van der Waals surface area contributed by atoms with Crippen LogP contribution in [0.4, 0.5) is 0 Å². The first kappa shape index (κ1) is 8.94. The van der Waals surface area contributed by atoms with Gasteiger partial charge < -0.3 is 0 Å². The molecule has 0 aromatic rings. The summed E-state index contributed by atoms with van der Waals surface area (Å²) >= 11 is 0. The molecule has 3 aliphatic rings. The Kier molecular flexibility index (Phi) is 1.67. The first-order chi connectivity index (χ1) is 6.66. The summed E-state index contributed by atoms with van der Waals surface area (Å²) in [5, 5.41) is 0. The minimum atomic E-state index is 0.474. The van der Waals surface area contributed by atoms with Gasteiger partial charge in [0.1, 0.15) is 5.78 Å². The standard InChI is InChI=1S/C13H20O/c1-10-7-12-4-2-5-13(12,8-10)9-11(14)3-6-12/h10H,2-9H2,1H3/t10-,12+,13+/m1/s1. The maximum Gasteiger partial charge on any atom is 0.133 e. The average molecular weight is 192 g/mol. The monoisotopic (exact) mass is 192 g/mol. The Morgan fingerprint density at radius 2 is 1.86 bits per heavy atom. The molecule has 3 saturated carbocycles. The Morgan fingerprint density at radius 1 is 1.14 bits per heavy atom. The smallest absolute Gasteiger partial charge is 0.133 e. The molecule has 0 aromatic carbocycles. The summed E-state index contributed by atoms with van der Waals surface area (Å²) in [6, 6.07) is 0. The van der Waals surface area contributed by atoms with Crippen molar-refractivity contribution in [1.29, 1.82) is 0 Å². The van der Waals surface area contributed by atoms with Gasteiger partial charge in [-0.2, -0.15) is 0 Å². The summed E-state index contributed by atoms with van der Waals surface area (Å²) in [6.45, 7) is 2.39. The second-order valence-corrected chi connectivity index (χ2v) is 6.14. The van der Waals surface area contributed by atoms with Crippen LogP contribution in [0.2, 0.25) is 0 Å². The zero-order valence-corrected chi connectivity index (χ0v) is 9.14. The maximum absolute atomic E-state index is 11.6. The van der Waals surface area contributed by atoms with Crippen molar-refractivity contribution < 1.29 is 4.79 Å². The molecule has 0 saturated heterocycles. The highest BCUT2D eigenvalue weighted by Crippen LogP contribution is 2.69. The Hall–Kier alpha value is -0.330. The quantitative estimate of drug-likeness (QED) is 0.575. The van der Waals surface area contributed by atoms with E-state index in [1.54, 1.807) is 0 Å². The van der Waals surface area contributed by atoms with Crippen molar-refractivity contribution in [2.75, 3.05) is 0 Å². The number of rotatable bonds is 0. The van der Waals surface area contributed by atoms with Crippen molar-refractivity contribution in [3.05, 3.63) is 0 Å². The first-order valence-electron chi connectivity index (χ1n) is 6.18. The van der Waals surface area contributed by atoms with E-state index in [2.05, 4.69) is 6.92 Å². The van der Waals surface area contributed by atoms with E-state index >= 15 is 0 Å². The molecule has 0 unspecified atom stereocenters. The molecule has 0 aromatic heterocycles. The summed E-state index contributed by atoms with van der Waals surface area (Å²) in [5.41, 5.74) is 1.09. The van der Waals surface area contributed by atoms with Crippen molar-refractivity contribution in [3.8, 4) is 0 Å². The van der Waals surface area contributed by atoms with E-state index in [1.807, 2.05) is 0 Å². The summed E-state index contributed by atoms with van der Waals surface area (Å²) in [6.07, 6.45) is 9.95. The lowest BCUT2D eigenvalue weighted by molar-refractivity contribution is -0.127. The Balaban J connectivity index is 2.00. The van der Waals surface area contributed by atoms with E-state index < -0.39 is 0 Å². The molecule has 0 heterocycles. The highest BCUT2D eigenvalue weighted by atomic mass is 16.1. The van der Waals surface area contributed by atoms with Gasteiger partial charge in [-0.3, -0.25) is 4.79 Å². The fraction of sp³-hybridized carbons (Fsp3) is 0.923. The van der Waals surface area contributed by atoms with E-state index in [0.717, 1.165) is 18.8 Å². The zero-order chi connectivity index (χ0) is 9.81. The molecular weight excluding hydrogens is 172 g/mol. The lowest BCUT2D eigenvalue weighted by Gasteiger charge is -2.44. The van der Waals surface area contributed by atoms with E-state index in [4.69, 9.17) is 0 Å². The predicted octanol–water partition coefficient (Wildman–Crippen LogP) is 3.33. The number of hydrogen-bond donors (Lipinski definition) is 0. The molecule has 14 heavy (non-hydrogen) atoms. The molecule has 0 N–H and O–H groups in total. The molecule has 78 valence electrons. The SMILES string of the molecule is C[C@@H]1C[C@@]23CCC[C@@]2(CC(=O)CC3)C1. The van der Waals surface area contributed by atoms with E-state index in [9.17, 15) is 4.79 Å². The van der Waals surface area contributed by atoms with Gasteiger partial charge in [-0.1, -0.05) is 13.3 Å². The van der Waals surface area contributed by atoms with E-state index in [1.165, 1.54) is 38.5 Å². The van der Waals surface area contributed by atoms with Gasteiger partial charge in [0, 0.05) is 12.8 Å². The number of ketones is 1. The van der Waals surface area contributed by atoms with Crippen LogP contribution < -0.4 is 0 Å². The Bertz CT molecular complexity index is 283. The number of Topliss-reactive ketones (excluding diaryl/α,β-unsaturated/α-hetero) is 1. The molecular formula is C13H20O. The van der Waals surface area contributed by atoms with Crippen molar-refractivity contribution in [2.45, 2.75) is 58.3 Å². The van der Waals surface area contributed by atoms with Crippen LogP contribution in [0.25, 0.3) is 0 Å². The summed E-state index contributed by atoms with van der Waals surface area (Å²) in [5.74, 6) is 1.43. The minimum absolute atomic E-state index is 0.474. The zero-order valence-electron chi connectivity index (χ0n) is 9.14. The van der Waals surface area contributed by atoms with Crippen molar-refractivity contribution in [3.63, 3.8) is 0 Å². The summed E-state index contributed by atoms with van der Waals surface area (Å²) in [7, 11) is 0. The molecule has 0 amide bonds. The van der Waals surface area contributed by atoms with Gasteiger partial charge in [0.05, 0.1) is 0 Å². The van der Waals surface area contributed by atoms with Crippen molar-refractivity contribution >= 4 is 5.78 Å². The normalized spacial score (nSPS) is 51.8.